The molecule has 0 spiro atoms. The molecule has 0 aromatic heterocycles. The highest BCUT2D eigenvalue weighted by atomic mass is 16.1. The molecule has 0 atom stereocenters. The molecule has 0 fully saturated rings. The normalized spacial score (nSPS) is 7.67. The van der Waals surface area contributed by atoms with Gasteiger partial charge in [-0.15, -0.1) is 0 Å². The molecule has 24 heavy (non-hydrogen) atoms. The van der Waals surface area contributed by atoms with Crippen molar-refractivity contribution in [3.05, 3.63) is 85.0 Å². The van der Waals surface area contributed by atoms with E-state index in [0.717, 1.165) is 23.3 Å². The molecular weight excluding hydrogens is 300 g/mol. The Morgan fingerprint density at radius 1 is 0.833 bits per heavy atom. The molecule has 0 aliphatic heterocycles. The summed E-state index contributed by atoms with van der Waals surface area (Å²) in [5.41, 5.74) is 13.9. The van der Waals surface area contributed by atoms with Crippen LogP contribution in [-0.4, -0.2) is 11.8 Å². The summed E-state index contributed by atoms with van der Waals surface area (Å²) in [6, 6.07) is 8.36. The van der Waals surface area contributed by atoms with Crippen LogP contribution in [0.4, 0.5) is 0 Å². The van der Waals surface area contributed by atoms with E-state index in [2.05, 4.69) is 75.9 Å². The van der Waals surface area contributed by atoms with E-state index in [1.54, 1.807) is 0 Å². The Bertz CT molecular complexity index is 522. The van der Waals surface area contributed by atoms with E-state index in [1.807, 2.05) is 13.8 Å². The zero-order valence-electron chi connectivity index (χ0n) is 15.3. The van der Waals surface area contributed by atoms with Crippen molar-refractivity contribution in [3.63, 3.8) is 0 Å². The van der Waals surface area contributed by atoms with E-state index in [1.165, 1.54) is 11.1 Å². The second kappa shape index (κ2) is 16.5. The van der Waals surface area contributed by atoms with Gasteiger partial charge in [-0.1, -0.05) is 61.7 Å². The first-order valence-electron chi connectivity index (χ1n) is 7.16. The quantitative estimate of drug-likeness (QED) is 0.653. The molecular formula is C20H30N2O2. The van der Waals surface area contributed by atoms with Gasteiger partial charge in [0.1, 0.15) is 0 Å². The largest absolute Gasteiger partial charge is 0.366 e. The predicted octanol–water partition coefficient (Wildman–Crippen LogP) is 3.76. The standard InChI is InChI=1S/C8H10.C6H10.2C3H5NO/c1-7-5-3-4-6-8(7)2;1-5(2)6(3)4;2*1-2-3(4)5/h3-6H,1-2H3;1,3H2,2,4H3;2*2H,1H2,(H2,4,5). The zero-order chi connectivity index (χ0) is 19.7. The highest BCUT2D eigenvalue weighted by molar-refractivity contribution is 5.85. The number of nitrogens with two attached hydrogens (primary N) is 2. The molecule has 0 aliphatic carbocycles. The minimum atomic E-state index is -0.481. The lowest BCUT2D eigenvalue weighted by atomic mass is 10.1. The highest BCUT2D eigenvalue weighted by Gasteiger charge is 1.83. The second-order valence-electron chi connectivity index (χ2n) is 4.86. The van der Waals surface area contributed by atoms with Crippen LogP contribution in [-0.2, 0) is 9.59 Å². The van der Waals surface area contributed by atoms with Gasteiger partial charge >= 0.3 is 0 Å². The first-order valence-corrected chi connectivity index (χ1v) is 7.16. The van der Waals surface area contributed by atoms with Crippen LogP contribution < -0.4 is 11.5 Å². The third-order valence-electron chi connectivity index (χ3n) is 2.56. The van der Waals surface area contributed by atoms with Gasteiger partial charge in [0, 0.05) is 0 Å². The van der Waals surface area contributed by atoms with Crippen LogP contribution >= 0.6 is 0 Å². The van der Waals surface area contributed by atoms with Crippen LogP contribution in [0.2, 0.25) is 0 Å². The predicted molar refractivity (Wildman–Crippen MR) is 104 cm³/mol. The van der Waals surface area contributed by atoms with Gasteiger partial charge < -0.3 is 11.5 Å². The monoisotopic (exact) mass is 330 g/mol. The molecule has 132 valence electrons. The van der Waals surface area contributed by atoms with Crippen LogP contribution in [0.15, 0.2) is 73.9 Å². The summed E-state index contributed by atoms with van der Waals surface area (Å²) >= 11 is 0. The van der Waals surface area contributed by atoms with Crippen LogP contribution in [0.3, 0.4) is 0 Å². The zero-order valence-corrected chi connectivity index (χ0v) is 15.3. The smallest absolute Gasteiger partial charge is 0.240 e. The molecule has 1 aromatic carbocycles. The Morgan fingerprint density at radius 3 is 1.12 bits per heavy atom. The number of aryl methyl sites for hydroxylation is 2. The summed E-state index contributed by atoms with van der Waals surface area (Å²) in [6.07, 6.45) is 2.11. The number of hydrogen-bond donors (Lipinski definition) is 2. The molecule has 0 saturated heterocycles. The molecule has 0 unspecified atom stereocenters. The molecule has 4 heteroatoms. The number of benzene rings is 1. The number of carbonyl (C=O) groups is 2. The Morgan fingerprint density at radius 2 is 1.04 bits per heavy atom. The highest BCUT2D eigenvalue weighted by Crippen LogP contribution is 2.02. The lowest BCUT2D eigenvalue weighted by Gasteiger charge is -1.93. The minimum absolute atomic E-state index is 0.481. The van der Waals surface area contributed by atoms with Gasteiger partial charge in [-0.05, 0) is 51.0 Å². The third-order valence-corrected chi connectivity index (χ3v) is 2.56. The van der Waals surface area contributed by atoms with Crippen molar-refractivity contribution in [2.24, 2.45) is 11.5 Å². The first kappa shape index (κ1) is 26.0. The van der Waals surface area contributed by atoms with E-state index >= 15 is 0 Å². The number of amides is 2. The van der Waals surface area contributed by atoms with Gasteiger partial charge in [-0.25, -0.2) is 0 Å². The van der Waals surface area contributed by atoms with Crippen LogP contribution in [0.5, 0.6) is 0 Å². The fourth-order valence-electron chi connectivity index (χ4n) is 0.663. The lowest BCUT2D eigenvalue weighted by Crippen LogP contribution is -2.04. The Kier molecular flexibility index (Phi) is 17.9. The van der Waals surface area contributed by atoms with Gasteiger partial charge in [-0.3, -0.25) is 9.59 Å². The second-order valence-corrected chi connectivity index (χ2v) is 4.86. The minimum Gasteiger partial charge on any atom is -0.366 e. The fraction of sp³-hybridized carbons (Fsp3) is 0.200. The van der Waals surface area contributed by atoms with Gasteiger partial charge in [-0.2, -0.15) is 0 Å². The molecule has 1 aromatic rings. The summed E-state index contributed by atoms with van der Waals surface area (Å²) < 4.78 is 0. The number of rotatable bonds is 3. The average Bonchev–Trinajstić information content (AvgIpc) is 2.51. The maximum absolute atomic E-state index is 9.47. The summed E-state index contributed by atoms with van der Waals surface area (Å²) in [5, 5.41) is 0. The molecule has 0 saturated carbocycles. The van der Waals surface area contributed by atoms with Crippen molar-refractivity contribution < 1.29 is 9.59 Å². The molecule has 0 bridgehead atoms. The summed E-state index contributed by atoms with van der Waals surface area (Å²) in [7, 11) is 0. The first-order chi connectivity index (χ1) is 11.0. The summed E-state index contributed by atoms with van der Waals surface area (Å²) in [5.74, 6) is -0.963. The van der Waals surface area contributed by atoms with Crippen molar-refractivity contribution >= 4 is 11.8 Å². The molecule has 1 rings (SSSR count). The molecule has 0 radical (unpaired) electrons. The topological polar surface area (TPSA) is 86.2 Å². The van der Waals surface area contributed by atoms with Gasteiger partial charge in [0.15, 0.2) is 0 Å². The molecule has 0 heterocycles. The van der Waals surface area contributed by atoms with Crippen molar-refractivity contribution in [1.29, 1.82) is 0 Å². The summed E-state index contributed by atoms with van der Waals surface area (Å²) in [6.45, 7) is 21.6. The Labute approximate surface area is 146 Å². The van der Waals surface area contributed by atoms with E-state index < -0.39 is 11.8 Å². The Balaban J connectivity index is -0.000000252. The lowest BCUT2D eigenvalue weighted by molar-refractivity contribution is -0.114. The number of hydrogen-bond acceptors (Lipinski definition) is 2. The van der Waals surface area contributed by atoms with Crippen LogP contribution in [0.1, 0.15) is 25.0 Å². The van der Waals surface area contributed by atoms with Crippen LogP contribution in [0.25, 0.3) is 0 Å². The van der Waals surface area contributed by atoms with Crippen molar-refractivity contribution in [1.82, 2.24) is 0 Å². The van der Waals surface area contributed by atoms with Crippen molar-refractivity contribution in [2.75, 3.05) is 0 Å². The van der Waals surface area contributed by atoms with Crippen molar-refractivity contribution in [2.45, 2.75) is 27.7 Å². The van der Waals surface area contributed by atoms with E-state index in [-0.39, 0.29) is 0 Å². The summed E-state index contributed by atoms with van der Waals surface area (Å²) in [4.78, 5) is 18.9. The third kappa shape index (κ3) is 24.2. The average molecular weight is 330 g/mol. The van der Waals surface area contributed by atoms with E-state index in [4.69, 9.17) is 0 Å². The van der Waals surface area contributed by atoms with E-state index in [0.29, 0.717) is 0 Å². The van der Waals surface area contributed by atoms with E-state index in [9.17, 15) is 9.59 Å². The van der Waals surface area contributed by atoms with Crippen molar-refractivity contribution in [3.8, 4) is 0 Å². The molecule has 4 N–H and O–H groups in total. The van der Waals surface area contributed by atoms with Gasteiger partial charge in [0.05, 0.1) is 0 Å². The molecule has 4 nitrogen and oxygen atoms in total. The maximum Gasteiger partial charge on any atom is 0.240 e. The maximum atomic E-state index is 9.47. The SMILES string of the molecule is C=C(C)C(=C)C.C=CC(N)=O.C=CC(N)=O.Cc1ccccc1C. The van der Waals surface area contributed by atoms with Gasteiger partial charge in [0.25, 0.3) is 0 Å². The molecule has 0 aliphatic rings. The van der Waals surface area contributed by atoms with Crippen LogP contribution in [0, 0.1) is 13.8 Å². The number of carbonyl (C=O) groups excluding carboxylic acids is 2. The Hall–Kier alpha value is -2.88. The molecule has 2 amide bonds. The number of primary amides is 2. The number of allylic oxidation sites excluding steroid dienone is 2. The van der Waals surface area contributed by atoms with Gasteiger partial charge in [0.2, 0.25) is 11.8 Å². The fourth-order valence-corrected chi connectivity index (χ4v) is 0.663.